The van der Waals surface area contributed by atoms with E-state index in [-0.39, 0.29) is 5.91 Å². The highest BCUT2D eigenvalue weighted by atomic mass is 32.1. The molecule has 0 N–H and O–H groups in total. The minimum atomic E-state index is 0.174. The number of rotatable bonds is 4. The normalized spacial score (nSPS) is 16.4. The number of nitrogens with zero attached hydrogens (tertiary/aromatic N) is 4. The van der Waals surface area contributed by atoms with E-state index in [0.29, 0.717) is 19.1 Å². The zero-order valence-corrected chi connectivity index (χ0v) is 11.3. The molecular weight excluding hydrogens is 236 g/mol. The number of likely N-dealkylation sites (N-methyl/N-ethyl adjacent to an activating group) is 1. The summed E-state index contributed by atoms with van der Waals surface area (Å²) in [5, 5.41) is 0.866. The van der Waals surface area contributed by atoms with E-state index in [1.807, 2.05) is 16.7 Å². The summed E-state index contributed by atoms with van der Waals surface area (Å²) >= 11 is 1.39. The van der Waals surface area contributed by atoms with Crippen molar-refractivity contribution in [3.05, 3.63) is 5.82 Å². The molecule has 0 saturated carbocycles. The Bertz CT molecular complexity index is 404. The van der Waals surface area contributed by atoms with Crippen LogP contribution in [0, 0.1) is 5.92 Å². The van der Waals surface area contributed by atoms with Crippen LogP contribution in [0.4, 0.5) is 5.13 Å². The van der Waals surface area contributed by atoms with Gasteiger partial charge in [-0.1, -0.05) is 13.8 Å². The summed E-state index contributed by atoms with van der Waals surface area (Å²) < 4.78 is 4.34. The summed E-state index contributed by atoms with van der Waals surface area (Å²) in [5.41, 5.74) is 0. The average molecular weight is 254 g/mol. The predicted molar refractivity (Wildman–Crippen MR) is 68.1 cm³/mol. The molecule has 1 aliphatic rings. The summed E-state index contributed by atoms with van der Waals surface area (Å²) in [6.07, 6.45) is 0.899. The van der Waals surface area contributed by atoms with Gasteiger partial charge in [-0.25, -0.2) is 4.98 Å². The Kier molecular flexibility index (Phi) is 3.61. The first kappa shape index (κ1) is 12.3. The van der Waals surface area contributed by atoms with Crippen molar-refractivity contribution in [2.75, 3.05) is 24.7 Å². The lowest BCUT2D eigenvalue weighted by molar-refractivity contribution is -0.126. The maximum absolute atomic E-state index is 11.6. The van der Waals surface area contributed by atoms with E-state index < -0.39 is 0 Å². The minimum Gasteiger partial charge on any atom is -0.324 e. The van der Waals surface area contributed by atoms with Gasteiger partial charge in [0.25, 0.3) is 0 Å². The van der Waals surface area contributed by atoms with Gasteiger partial charge in [-0.3, -0.25) is 4.79 Å². The molecule has 1 aromatic rings. The van der Waals surface area contributed by atoms with Gasteiger partial charge in [0.2, 0.25) is 11.0 Å². The van der Waals surface area contributed by atoms with Crippen LogP contribution in [0.15, 0.2) is 0 Å². The molecule has 0 spiro atoms. The fraction of sp³-hybridized carbons (Fsp3) is 0.727. The molecule has 1 fully saturated rings. The topological polar surface area (TPSA) is 49.3 Å². The molecule has 1 aliphatic heterocycles. The van der Waals surface area contributed by atoms with Crippen LogP contribution < -0.4 is 4.90 Å². The Morgan fingerprint density at radius 1 is 1.47 bits per heavy atom. The number of carbonyl (C=O) groups excluding carboxylic acids is 1. The van der Waals surface area contributed by atoms with Gasteiger partial charge in [-0.2, -0.15) is 4.37 Å². The first-order chi connectivity index (χ1) is 8.10. The summed E-state index contributed by atoms with van der Waals surface area (Å²) in [5.74, 6) is 1.63. The van der Waals surface area contributed by atoms with Gasteiger partial charge < -0.3 is 9.80 Å². The van der Waals surface area contributed by atoms with Crippen molar-refractivity contribution < 1.29 is 4.79 Å². The molecule has 0 aliphatic carbocycles. The highest BCUT2D eigenvalue weighted by Gasteiger charge is 2.28. The molecule has 0 unspecified atom stereocenters. The molecule has 6 heteroatoms. The van der Waals surface area contributed by atoms with Crippen molar-refractivity contribution >= 4 is 22.6 Å². The molecule has 17 heavy (non-hydrogen) atoms. The molecule has 0 aromatic carbocycles. The van der Waals surface area contributed by atoms with Crippen molar-refractivity contribution in [3.8, 4) is 0 Å². The van der Waals surface area contributed by atoms with Crippen LogP contribution in [0.5, 0.6) is 0 Å². The molecule has 1 amide bonds. The number of aromatic nitrogens is 2. The number of hydrogen-bond acceptors (Lipinski definition) is 5. The SMILES string of the molecule is CCN1CN(c2nc(CC(C)C)ns2)CC1=O. The lowest BCUT2D eigenvalue weighted by Crippen LogP contribution is -2.26. The van der Waals surface area contributed by atoms with Crippen LogP contribution in [-0.4, -0.2) is 39.9 Å². The summed E-state index contributed by atoms with van der Waals surface area (Å²) in [6.45, 7) is 8.13. The second-order valence-corrected chi connectivity index (χ2v) is 5.41. The number of carbonyl (C=O) groups is 1. The van der Waals surface area contributed by atoms with Gasteiger partial charge in [0, 0.05) is 24.5 Å². The van der Waals surface area contributed by atoms with Crippen molar-refractivity contribution in [2.45, 2.75) is 27.2 Å². The van der Waals surface area contributed by atoms with Crippen LogP contribution in [-0.2, 0) is 11.2 Å². The molecule has 1 aromatic heterocycles. The second-order valence-electron chi connectivity index (χ2n) is 4.68. The van der Waals surface area contributed by atoms with Crippen LogP contribution in [0.3, 0.4) is 0 Å². The zero-order valence-electron chi connectivity index (χ0n) is 10.5. The van der Waals surface area contributed by atoms with Crippen LogP contribution in [0.1, 0.15) is 26.6 Å². The Balaban J connectivity index is 2.04. The third-order valence-corrected chi connectivity index (χ3v) is 3.54. The number of anilines is 1. The van der Waals surface area contributed by atoms with Gasteiger partial charge in [0.15, 0.2) is 0 Å². The van der Waals surface area contributed by atoms with Crippen molar-refractivity contribution in [1.82, 2.24) is 14.3 Å². The average Bonchev–Trinajstić information content (AvgIpc) is 2.83. The molecule has 0 radical (unpaired) electrons. The minimum absolute atomic E-state index is 0.174. The Morgan fingerprint density at radius 3 is 2.82 bits per heavy atom. The van der Waals surface area contributed by atoms with Gasteiger partial charge in [0.05, 0.1) is 6.67 Å². The van der Waals surface area contributed by atoms with Crippen molar-refractivity contribution in [3.63, 3.8) is 0 Å². The molecule has 0 bridgehead atoms. The first-order valence-corrected chi connectivity index (χ1v) is 6.72. The highest BCUT2D eigenvalue weighted by Crippen LogP contribution is 2.22. The van der Waals surface area contributed by atoms with E-state index in [9.17, 15) is 4.79 Å². The molecule has 2 heterocycles. The van der Waals surface area contributed by atoms with E-state index in [0.717, 1.165) is 23.9 Å². The van der Waals surface area contributed by atoms with Gasteiger partial charge in [0.1, 0.15) is 12.4 Å². The third kappa shape index (κ3) is 2.74. The Hall–Kier alpha value is -1.17. The van der Waals surface area contributed by atoms with Crippen LogP contribution >= 0.6 is 11.5 Å². The predicted octanol–water partition coefficient (Wildman–Crippen LogP) is 1.36. The summed E-state index contributed by atoms with van der Waals surface area (Å²) in [7, 11) is 0. The molecule has 94 valence electrons. The van der Waals surface area contributed by atoms with Gasteiger partial charge in [-0.15, -0.1) is 0 Å². The van der Waals surface area contributed by atoms with Crippen molar-refractivity contribution in [2.24, 2.45) is 5.92 Å². The van der Waals surface area contributed by atoms with Gasteiger partial charge in [-0.05, 0) is 12.8 Å². The smallest absolute Gasteiger partial charge is 0.243 e. The largest absolute Gasteiger partial charge is 0.324 e. The lowest BCUT2D eigenvalue weighted by Gasteiger charge is -2.14. The Morgan fingerprint density at radius 2 is 2.24 bits per heavy atom. The number of hydrogen-bond donors (Lipinski definition) is 0. The van der Waals surface area contributed by atoms with E-state index in [1.54, 1.807) is 0 Å². The zero-order chi connectivity index (χ0) is 12.4. The molecule has 5 nitrogen and oxygen atoms in total. The maximum Gasteiger partial charge on any atom is 0.243 e. The quantitative estimate of drug-likeness (QED) is 0.814. The lowest BCUT2D eigenvalue weighted by atomic mass is 10.1. The summed E-state index contributed by atoms with van der Waals surface area (Å²) in [4.78, 5) is 19.9. The molecule has 1 saturated heterocycles. The van der Waals surface area contributed by atoms with E-state index in [1.165, 1.54) is 11.5 Å². The first-order valence-electron chi connectivity index (χ1n) is 5.95. The third-order valence-electron chi connectivity index (χ3n) is 2.72. The van der Waals surface area contributed by atoms with Gasteiger partial charge >= 0.3 is 0 Å². The Labute approximate surface area is 106 Å². The van der Waals surface area contributed by atoms with E-state index in [2.05, 4.69) is 23.2 Å². The van der Waals surface area contributed by atoms with E-state index >= 15 is 0 Å². The van der Waals surface area contributed by atoms with Crippen molar-refractivity contribution in [1.29, 1.82) is 0 Å². The maximum atomic E-state index is 11.6. The fourth-order valence-electron chi connectivity index (χ4n) is 1.82. The molecule has 0 atom stereocenters. The van der Waals surface area contributed by atoms with Crippen LogP contribution in [0.25, 0.3) is 0 Å². The monoisotopic (exact) mass is 254 g/mol. The fourth-order valence-corrected chi connectivity index (χ4v) is 2.51. The summed E-state index contributed by atoms with van der Waals surface area (Å²) in [6, 6.07) is 0. The number of amides is 1. The van der Waals surface area contributed by atoms with E-state index in [4.69, 9.17) is 0 Å². The second kappa shape index (κ2) is 5.00. The standard InChI is InChI=1S/C11H18N4OS/c1-4-14-7-15(6-10(14)16)11-12-9(13-17-11)5-8(2)3/h8H,4-7H2,1-3H3. The van der Waals surface area contributed by atoms with Crippen LogP contribution in [0.2, 0.25) is 0 Å². The highest BCUT2D eigenvalue weighted by molar-refractivity contribution is 7.09. The molecular formula is C11H18N4OS. The molecule has 2 rings (SSSR count).